The van der Waals surface area contributed by atoms with Crippen LogP contribution in [0.2, 0.25) is 5.02 Å². The van der Waals surface area contributed by atoms with Gasteiger partial charge >= 0.3 is 12.0 Å². The summed E-state index contributed by atoms with van der Waals surface area (Å²) in [6, 6.07) is 6.33. The molecule has 6 nitrogen and oxygen atoms in total. The van der Waals surface area contributed by atoms with Crippen LogP contribution in [0, 0.1) is 0 Å². The third kappa shape index (κ3) is 6.78. The SMILES string of the molecule is CCOC(=O)CCN(CC(C)O)C(=O)Nc1cccc(Cl)c1. The van der Waals surface area contributed by atoms with Crippen LogP contribution in [0.3, 0.4) is 0 Å². The lowest BCUT2D eigenvalue weighted by Crippen LogP contribution is -2.40. The molecule has 0 saturated carbocycles. The van der Waals surface area contributed by atoms with Crippen LogP contribution in [-0.4, -0.2) is 47.8 Å². The van der Waals surface area contributed by atoms with E-state index in [1.807, 2.05) is 0 Å². The lowest BCUT2D eigenvalue weighted by molar-refractivity contribution is -0.143. The lowest BCUT2D eigenvalue weighted by atomic mass is 10.3. The van der Waals surface area contributed by atoms with E-state index < -0.39 is 12.1 Å². The number of benzene rings is 1. The largest absolute Gasteiger partial charge is 0.466 e. The summed E-state index contributed by atoms with van der Waals surface area (Å²) in [4.78, 5) is 25.0. The average Bonchev–Trinajstić information content (AvgIpc) is 2.43. The molecule has 0 aromatic heterocycles. The second-order valence-electron chi connectivity index (χ2n) is 4.79. The van der Waals surface area contributed by atoms with Crippen molar-refractivity contribution in [3.63, 3.8) is 0 Å². The van der Waals surface area contributed by atoms with Gasteiger partial charge in [0, 0.05) is 23.8 Å². The fourth-order valence-electron chi connectivity index (χ4n) is 1.82. The third-order valence-electron chi connectivity index (χ3n) is 2.74. The summed E-state index contributed by atoms with van der Waals surface area (Å²) in [5.41, 5.74) is 0.546. The fraction of sp³-hybridized carbons (Fsp3) is 0.467. The van der Waals surface area contributed by atoms with E-state index in [0.717, 1.165) is 0 Å². The Bertz CT molecular complexity index is 508. The summed E-state index contributed by atoms with van der Waals surface area (Å²) in [6.45, 7) is 3.87. The highest BCUT2D eigenvalue weighted by Crippen LogP contribution is 2.15. The summed E-state index contributed by atoms with van der Waals surface area (Å²) in [5.74, 6) is -0.381. The molecule has 0 aliphatic heterocycles. The summed E-state index contributed by atoms with van der Waals surface area (Å²) in [6.07, 6.45) is -0.629. The van der Waals surface area contributed by atoms with Crippen LogP contribution in [0.15, 0.2) is 24.3 Å². The first-order valence-corrected chi connectivity index (χ1v) is 7.45. The van der Waals surface area contributed by atoms with Gasteiger partial charge < -0.3 is 20.1 Å². The number of urea groups is 1. The topological polar surface area (TPSA) is 78.9 Å². The highest BCUT2D eigenvalue weighted by molar-refractivity contribution is 6.30. The van der Waals surface area contributed by atoms with E-state index in [1.165, 1.54) is 4.90 Å². The maximum atomic E-state index is 12.2. The van der Waals surface area contributed by atoms with Gasteiger partial charge in [-0.2, -0.15) is 0 Å². The normalized spacial score (nSPS) is 11.6. The first-order valence-electron chi connectivity index (χ1n) is 7.07. The lowest BCUT2D eigenvalue weighted by Gasteiger charge is -2.24. The molecule has 0 heterocycles. The zero-order valence-corrected chi connectivity index (χ0v) is 13.5. The molecular weight excluding hydrogens is 308 g/mol. The van der Waals surface area contributed by atoms with Gasteiger partial charge in [0.15, 0.2) is 0 Å². The molecule has 0 aliphatic rings. The third-order valence-corrected chi connectivity index (χ3v) is 2.97. The van der Waals surface area contributed by atoms with Gasteiger partial charge in [0.25, 0.3) is 0 Å². The Morgan fingerprint density at radius 1 is 1.45 bits per heavy atom. The molecule has 1 aromatic carbocycles. The summed E-state index contributed by atoms with van der Waals surface area (Å²) < 4.78 is 4.83. The van der Waals surface area contributed by atoms with E-state index in [4.69, 9.17) is 16.3 Å². The Labute approximate surface area is 135 Å². The van der Waals surface area contributed by atoms with Crippen molar-refractivity contribution < 1.29 is 19.4 Å². The number of hydrogen-bond donors (Lipinski definition) is 2. The molecule has 1 atom stereocenters. The van der Waals surface area contributed by atoms with Crippen LogP contribution in [-0.2, 0) is 9.53 Å². The maximum absolute atomic E-state index is 12.2. The molecule has 1 rings (SSSR count). The number of amides is 2. The van der Waals surface area contributed by atoms with Gasteiger partial charge in [0.1, 0.15) is 0 Å². The predicted octanol–water partition coefficient (Wildman–Crippen LogP) is 2.51. The first kappa shape index (κ1) is 18.3. The summed E-state index contributed by atoms with van der Waals surface area (Å²) in [5, 5.41) is 12.7. The minimum absolute atomic E-state index is 0.0729. The van der Waals surface area contributed by atoms with Crippen molar-refractivity contribution in [3.8, 4) is 0 Å². The number of esters is 1. The van der Waals surface area contributed by atoms with Crippen LogP contribution in [0.25, 0.3) is 0 Å². The Morgan fingerprint density at radius 2 is 2.18 bits per heavy atom. The molecule has 0 aliphatic carbocycles. The Kier molecular flexibility index (Phi) is 7.70. The van der Waals surface area contributed by atoms with Crippen LogP contribution < -0.4 is 5.32 Å². The van der Waals surface area contributed by atoms with E-state index in [0.29, 0.717) is 17.3 Å². The summed E-state index contributed by atoms with van der Waals surface area (Å²) in [7, 11) is 0. The fourth-order valence-corrected chi connectivity index (χ4v) is 2.01. The number of carbonyl (C=O) groups is 2. The molecule has 7 heteroatoms. The average molecular weight is 329 g/mol. The van der Waals surface area contributed by atoms with E-state index in [-0.39, 0.29) is 25.5 Å². The molecule has 0 bridgehead atoms. The molecule has 0 spiro atoms. The van der Waals surface area contributed by atoms with Gasteiger partial charge in [0.05, 0.1) is 19.1 Å². The van der Waals surface area contributed by atoms with Crippen LogP contribution in [0.1, 0.15) is 20.3 Å². The smallest absolute Gasteiger partial charge is 0.321 e. The van der Waals surface area contributed by atoms with Crippen molar-refractivity contribution in [1.82, 2.24) is 4.90 Å². The number of carbonyl (C=O) groups excluding carboxylic acids is 2. The summed E-state index contributed by atoms with van der Waals surface area (Å²) >= 11 is 5.86. The molecule has 0 radical (unpaired) electrons. The van der Waals surface area contributed by atoms with E-state index in [9.17, 15) is 14.7 Å². The minimum Gasteiger partial charge on any atom is -0.466 e. The number of anilines is 1. The van der Waals surface area contributed by atoms with Gasteiger partial charge in [-0.05, 0) is 32.0 Å². The minimum atomic E-state index is -0.702. The van der Waals surface area contributed by atoms with E-state index >= 15 is 0 Å². The standard InChI is InChI=1S/C15H21ClN2O4/c1-3-22-14(20)7-8-18(10-11(2)19)15(21)17-13-6-4-5-12(16)9-13/h4-6,9,11,19H,3,7-8,10H2,1-2H3,(H,17,21). The highest BCUT2D eigenvalue weighted by atomic mass is 35.5. The molecule has 22 heavy (non-hydrogen) atoms. The number of aliphatic hydroxyl groups excluding tert-OH is 1. The first-order chi connectivity index (χ1) is 10.4. The Morgan fingerprint density at radius 3 is 2.77 bits per heavy atom. The van der Waals surface area contributed by atoms with Gasteiger partial charge in [0.2, 0.25) is 0 Å². The Balaban J connectivity index is 2.65. The molecular formula is C15H21ClN2O4. The predicted molar refractivity (Wildman–Crippen MR) is 85.0 cm³/mol. The zero-order valence-electron chi connectivity index (χ0n) is 12.7. The van der Waals surface area contributed by atoms with Gasteiger partial charge in [-0.1, -0.05) is 17.7 Å². The van der Waals surface area contributed by atoms with Gasteiger partial charge in [-0.15, -0.1) is 0 Å². The number of nitrogens with one attached hydrogen (secondary N) is 1. The molecule has 2 amide bonds. The number of rotatable bonds is 7. The van der Waals surface area contributed by atoms with Crippen molar-refractivity contribution in [2.24, 2.45) is 0 Å². The van der Waals surface area contributed by atoms with Crippen LogP contribution >= 0.6 is 11.6 Å². The second kappa shape index (κ2) is 9.27. The maximum Gasteiger partial charge on any atom is 0.321 e. The zero-order chi connectivity index (χ0) is 16.5. The van der Waals surface area contributed by atoms with Gasteiger partial charge in [-0.3, -0.25) is 4.79 Å². The number of nitrogens with zero attached hydrogens (tertiary/aromatic N) is 1. The second-order valence-corrected chi connectivity index (χ2v) is 5.23. The van der Waals surface area contributed by atoms with Crippen LogP contribution in [0.4, 0.5) is 10.5 Å². The number of hydrogen-bond acceptors (Lipinski definition) is 4. The Hall–Kier alpha value is -1.79. The molecule has 0 fully saturated rings. The van der Waals surface area contributed by atoms with Gasteiger partial charge in [-0.25, -0.2) is 4.79 Å². The van der Waals surface area contributed by atoms with Crippen molar-refractivity contribution >= 4 is 29.3 Å². The molecule has 2 N–H and O–H groups in total. The molecule has 0 saturated heterocycles. The number of ether oxygens (including phenoxy) is 1. The quantitative estimate of drug-likeness (QED) is 0.754. The molecule has 122 valence electrons. The number of halogens is 1. The van der Waals surface area contributed by atoms with Crippen molar-refractivity contribution in [3.05, 3.63) is 29.3 Å². The van der Waals surface area contributed by atoms with Crippen molar-refractivity contribution in [1.29, 1.82) is 0 Å². The van der Waals surface area contributed by atoms with E-state index in [1.54, 1.807) is 38.1 Å². The highest BCUT2D eigenvalue weighted by Gasteiger charge is 2.17. The molecule has 1 aromatic rings. The van der Waals surface area contributed by atoms with E-state index in [2.05, 4.69) is 5.32 Å². The molecule has 1 unspecified atom stereocenters. The number of aliphatic hydroxyl groups is 1. The van der Waals surface area contributed by atoms with Crippen molar-refractivity contribution in [2.45, 2.75) is 26.4 Å². The monoisotopic (exact) mass is 328 g/mol. The van der Waals surface area contributed by atoms with Crippen LogP contribution in [0.5, 0.6) is 0 Å². The van der Waals surface area contributed by atoms with Crippen molar-refractivity contribution in [2.75, 3.05) is 25.0 Å².